The molecule has 1 heterocycles. The monoisotopic (exact) mass is 437 g/mol. The summed E-state index contributed by atoms with van der Waals surface area (Å²) in [5.74, 6) is 0.922. The van der Waals surface area contributed by atoms with Crippen molar-refractivity contribution in [2.45, 2.75) is 12.8 Å². The fourth-order valence-electron chi connectivity index (χ4n) is 3.78. The average Bonchev–Trinajstić information content (AvgIpc) is 2.83. The number of Topliss-reactive ketones (excluding diaryl/α,β-unsaturated/α-hetero) is 1. The Hall–Kier alpha value is -3.16. The zero-order valence-corrected chi connectivity index (χ0v) is 18.2. The van der Waals surface area contributed by atoms with Gasteiger partial charge in [0.25, 0.3) is 0 Å². The number of morpholine rings is 1. The van der Waals surface area contributed by atoms with Crippen molar-refractivity contribution < 1.29 is 28.5 Å². The van der Waals surface area contributed by atoms with E-state index < -0.39 is 0 Å². The molecule has 1 fully saturated rings. The summed E-state index contributed by atoms with van der Waals surface area (Å²) in [6, 6.07) is 11.9. The minimum absolute atomic E-state index is 0.00433. The second-order valence-electron chi connectivity index (χ2n) is 7.67. The molecule has 1 saturated heterocycles. The Morgan fingerprint density at radius 1 is 0.969 bits per heavy atom. The third-order valence-corrected chi connectivity index (χ3v) is 5.52. The molecule has 2 aliphatic rings. The molecule has 32 heavy (non-hydrogen) atoms. The van der Waals surface area contributed by atoms with Gasteiger partial charge in [0.1, 0.15) is 17.2 Å². The van der Waals surface area contributed by atoms with Crippen LogP contribution in [0.4, 0.5) is 0 Å². The molecule has 0 atom stereocenters. The van der Waals surface area contributed by atoms with Crippen LogP contribution < -0.4 is 14.2 Å². The number of carbonyl (C=O) groups is 2. The second kappa shape index (κ2) is 10.4. The van der Waals surface area contributed by atoms with Gasteiger partial charge in [0.05, 0.1) is 32.5 Å². The van der Waals surface area contributed by atoms with Crippen molar-refractivity contribution in [2.75, 3.05) is 46.6 Å². The Kier molecular flexibility index (Phi) is 7.19. The third kappa shape index (κ3) is 5.18. The van der Waals surface area contributed by atoms with E-state index >= 15 is 0 Å². The number of hydrogen-bond donors (Lipinski definition) is 0. The van der Waals surface area contributed by atoms with Crippen molar-refractivity contribution in [1.82, 2.24) is 4.90 Å². The molecule has 7 heteroatoms. The Morgan fingerprint density at radius 3 is 2.47 bits per heavy atom. The Balaban J connectivity index is 1.37. The standard InChI is InChI=1S/C25H27NO6/c1-29-18-7-9-19(10-8-18)32-23-17-21(27)24-20(25(23)28)5-4-6-22(24)31-14-3-2-11-26-12-15-30-16-13-26/h4-10,17H,2-3,11-16H2,1H3. The number of methoxy groups -OCH3 is 1. The highest BCUT2D eigenvalue weighted by Crippen LogP contribution is 2.31. The third-order valence-electron chi connectivity index (χ3n) is 5.52. The number of hydrogen-bond acceptors (Lipinski definition) is 7. The summed E-state index contributed by atoms with van der Waals surface area (Å²) in [4.78, 5) is 28.2. The fourth-order valence-corrected chi connectivity index (χ4v) is 3.78. The summed E-state index contributed by atoms with van der Waals surface area (Å²) in [5, 5.41) is 0. The van der Waals surface area contributed by atoms with E-state index in [0.717, 1.165) is 45.7 Å². The van der Waals surface area contributed by atoms with E-state index in [1.165, 1.54) is 6.08 Å². The molecule has 0 N–H and O–H groups in total. The molecule has 2 aromatic carbocycles. The van der Waals surface area contributed by atoms with Gasteiger partial charge in [-0.15, -0.1) is 0 Å². The summed E-state index contributed by atoms with van der Waals surface area (Å²) >= 11 is 0. The van der Waals surface area contributed by atoms with Gasteiger partial charge in [-0.25, -0.2) is 0 Å². The topological polar surface area (TPSA) is 74.3 Å². The fraction of sp³-hybridized carbons (Fsp3) is 0.360. The minimum atomic E-state index is -0.340. The first-order valence-electron chi connectivity index (χ1n) is 10.8. The maximum Gasteiger partial charge on any atom is 0.229 e. The number of nitrogens with zero attached hydrogens (tertiary/aromatic N) is 1. The lowest BCUT2D eigenvalue weighted by Gasteiger charge is -2.26. The number of ether oxygens (including phenoxy) is 4. The average molecular weight is 437 g/mol. The Labute approximate surface area is 187 Å². The molecule has 2 aromatic rings. The van der Waals surface area contributed by atoms with E-state index in [-0.39, 0.29) is 17.3 Å². The Bertz CT molecular complexity index is 992. The van der Waals surface area contributed by atoms with Gasteiger partial charge in [0.15, 0.2) is 11.5 Å². The van der Waals surface area contributed by atoms with Gasteiger partial charge >= 0.3 is 0 Å². The van der Waals surface area contributed by atoms with Crippen LogP contribution in [0, 0.1) is 0 Å². The van der Waals surface area contributed by atoms with E-state index in [4.69, 9.17) is 18.9 Å². The summed E-state index contributed by atoms with van der Waals surface area (Å²) in [6.07, 6.45) is 3.10. The molecule has 4 rings (SSSR count). The van der Waals surface area contributed by atoms with Crippen LogP contribution in [0.15, 0.2) is 54.3 Å². The number of ketones is 2. The normalized spacial score (nSPS) is 16.3. The summed E-state index contributed by atoms with van der Waals surface area (Å²) in [5.41, 5.74) is 0.597. The maximum atomic E-state index is 13.0. The Morgan fingerprint density at radius 2 is 1.72 bits per heavy atom. The van der Waals surface area contributed by atoms with Gasteiger partial charge in [-0.2, -0.15) is 0 Å². The molecule has 0 radical (unpaired) electrons. The van der Waals surface area contributed by atoms with Gasteiger partial charge in [-0.3, -0.25) is 14.5 Å². The lowest BCUT2D eigenvalue weighted by atomic mass is 9.92. The molecule has 168 valence electrons. The predicted molar refractivity (Wildman–Crippen MR) is 119 cm³/mol. The summed E-state index contributed by atoms with van der Waals surface area (Å²) < 4.78 is 22.1. The molecule has 0 aromatic heterocycles. The number of allylic oxidation sites excluding steroid dienone is 2. The van der Waals surface area contributed by atoms with Crippen molar-refractivity contribution in [3.05, 3.63) is 65.4 Å². The molecule has 0 bridgehead atoms. The number of benzene rings is 2. The predicted octanol–water partition coefficient (Wildman–Crippen LogP) is 3.53. The quantitative estimate of drug-likeness (QED) is 0.556. The highest BCUT2D eigenvalue weighted by Gasteiger charge is 2.30. The second-order valence-corrected chi connectivity index (χ2v) is 7.67. The summed E-state index contributed by atoms with van der Waals surface area (Å²) in [6.45, 7) is 5.02. The van der Waals surface area contributed by atoms with Crippen LogP contribution in [0.2, 0.25) is 0 Å². The number of fused-ring (bicyclic) bond motifs is 1. The van der Waals surface area contributed by atoms with E-state index in [0.29, 0.717) is 35.0 Å². The molecule has 0 saturated carbocycles. The van der Waals surface area contributed by atoms with Crippen molar-refractivity contribution in [2.24, 2.45) is 0 Å². The van der Waals surface area contributed by atoms with Crippen LogP contribution in [0.3, 0.4) is 0 Å². The SMILES string of the molecule is COc1ccc(OC2=CC(=O)c3c(OCCCCN4CCOCC4)cccc3C2=O)cc1. The van der Waals surface area contributed by atoms with Crippen LogP contribution in [0.5, 0.6) is 17.2 Å². The van der Waals surface area contributed by atoms with Gasteiger partial charge in [0.2, 0.25) is 5.78 Å². The highest BCUT2D eigenvalue weighted by atomic mass is 16.5. The molecule has 1 aliphatic carbocycles. The lowest BCUT2D eigenvalue weighted by molar-refractivity contribution is 0.0368. The zero-order chi connectivity index (χ0) is 22.3. The van der Waals surface area contributed by atoms with Crippen LogP contribution >= 0.6 is 0 Å². The van der Waals surface area contributed by atoms with Crippen LogP contribution in [0.25, 0.3) is 0 Å². The smallest absolute Gasteiger partial charge is 0.229 e. The van der Waals surface area contributed by atoms with Gasteiger partial charge < -0.3 is 18.9 Å². The van der Waals surface area contributed by atoms with E-state index in [1.807, 2.05) is 0 Å². The molecular formula is C25H27NO6. The number of rotatable bonds is 9. The van der Waals surface area contributed by atoms with E-state index in [2.05, 4.69) is 4.90 Å². The van der Waals surface area contributed by atoms with Crippen molar-refractivity contribution in [1.29, 1.82) is 0 Å². The van der Waals surface area contributed by atoms with Crippen molar-refractivity contribution in [3.8, 4) is 17.2 Å². The van der Waals surface area contributed by atoms with E-state index in [1.54, 1.807) is 49.6 Å². The molecule has 0 spiro atoms. The first-order chi connectivity index (χ1) is 15.7. The molecule has 7 nitrogen and oxygen atoms in total. The van der Waals surface area contributed by atoms with Crippen molar-refractivity contribution >= 4 is 11.6 Å². The number of carbonyl (C=O) groups excluding carboxylic acids is 2. The van der Waals surface area contributed by atoms with Crippen LogP contribution in [-0.4, -0.2) is 63.0 Å². The number of unbranched alkanes of at least 4 members (excludes halogenated alkanes) is 1. The first-order valence-corrected chi connectivity index (χ1v) is 10.8. The first kappa shape index (κ1) is 22.0. The van der Waals surface area contributed by atoms with Crippen LogP contribution in [0.1, 0.15) is 33.6 Å². The molecule has 1 aliphatic heterocycles. The molecule has 0 unspecified atom stereocenters. The van der Waals surface area contributed by atoms with Crippen molar-refractivity contribution in [3.63, 3.8) is 0 Å². The highest BCUT2D eigenvalue weighted by molar-refractivity contribution is 6.24. The zero-order valence-electron chi connectivity index (χ0n) is 18.2. The van der Waals surface area contributed by atoms with Crippen LogP contribution in [-0.2, 0) is 4.74 Å². The van der Waals surface area contributed by atoms with Gasteiger partial charge in [0, 0.05) is 24.7 Å². The van der Waals surface area contributed by atoms with Gasteiger partial charge in [-0.1, -0.05) is 6.07 Å². The largest absolute Gasteiger partial charge is 0.497 e. The molecular weight excluding hydrogens is 410 g/mol. The molecule has 0 amide bonds. The summed E-state index contributed by atoms with van der Waals surface area (Å²) in [7, 11) is 1.57. The lowest BCUT2D eigenvalue weighted by Crippen LogP contribution is -2.36. The maximum absolute atomic E-state index is 13.0. The minimum Gasteiger partial charge on any atom is -0.497 e. The van der Waals surface area contributed by atoms with Gasteiger partial charge in [-0.05, 0) is 55.8 Å². The van der Waals surface area contributed by atoms with E-state index in [9.17, 15) is 9.59 Å².